The lowest BCUT2D eigenvalue weighted by atomic mass is 10.2. The van der Waals surface area contributed by atoms with Gasteiger partial charge in [0.1, 0.15) is 0 Å². The SMILES string of the molecule is CC(CN(C)C)Sc1nc2cc(N3CCNCC3)c(Cl)cc2[nH]1. The zero-order chi connectivity index (χ0) is 16.4. The molecule has 0 spiro atoms. The lowest BCUT2D eigenvalue weighted by Crippen LogP contribution is -2.43. The molecule has 7 heteroatoms. The molecule has 0 aliphatic carbocycles. The van der Waals surface area contributed by atoms with Crippen molar-refractivity contribution in [1.82, 2.24) is 20.2 Å². The third-order valence-corrected chi connectivity index (χ3v) is 5.19. The Balaban J connectivity index is 1.82. The number of rotatable bonds is 5. The van der Waals surface area contributed by atoms with Crippen molar-refractivity contribution in [1.29, 1.82) is 0 Å². The van der Waals surface area contributed by atoms with Gasteiger partial charge in [0.15, 0.2) is 5.16 Å². The third-order valence-electron chi connectivity index (χ3n) is 3.92. The first kappa shape index (κ1) is 16.9. The van der Waals surface area contributed by atoms with Crippen LogP contribution in [0.2, 0.25) is 5.02 Å². The molecule has 2 N–H and O–H groups in total. The van der Waals surface area contributed by atoms with Crippen molar-refractivity contribution < 1.29 is 0 Å². The Kier molecular flexibility index (Phi) is 5.36. The highest BCUT2D eigenvalue weighted by Crippen LogP contribution is 2.32. The highest BCUT2D eigenvalue weighted by Gasteiger charge is 2.16. The van der Waals surface area contributed by atoms with Crippen LogP contribution in [-0.4, -0.2) is 66.9 Å². The molecule has 1 saturated heterocycles. The number of piperazine rings is 1. The Labute approximate surface area is 146 Å². The number of fused-ring (bicyclic) bond motifs is 1. The molecular weight excluding hydrogens is 330 g/mol. The number of nitrogens with zero attached hydrogens (tertiary/aromatic N) is 3. The summed E-state index contributed by atoms with van der Waals surface area (Å²) in [6, 6.07) is 4.11. The van der Waals surface area contributed by atoms with Crippen LogP contribution in [-0.2, 0) is 0 Å². The summed E-state index contributed by atoms with van der Waals surface area (Å²) in [6.07, 6.45) is 0. The molecule has 3 rings (SSSR count). The van der Waals surface area contributed by atoms with Crippen LogP contribution in [0.4, 0.5) is 5.69 Å². The average Bonchev–Trinajstić information content (AvgIpc) is 2.87. The van der Waals surface area contributed by atoms with E-state index in [9.17, 15) is 0 Å². The fraction of sp³-hybridized carbons (Fsp3) is 0.562. The smallest absolute Gasteiger partial charge is 0.166 e. The summed E-state index contributed by atoms with van der Waals surface area (Å²) >= 11 is 8.27. The monoisotopic (exact) mass is 353 g/mol. The highest BCUT2D eigenvalue weighted by atomic mass is 35.5. The Morgan fingerprint density at radius 3 is 2.78 bits per heavy atom. The van der Waals surface area contributed by atoms with E-state index in [0.29, 0.717) is 5.25 Å². The van der Waals surface area contributed by atoms with Crippen LogP contribution in [0.1, 0.15) is 6.92 Å². The van der Waals surface area contributed by atoms with Gasteiger partial charge in [0, 0.05) is 38.0 Å². The van der Waals surface area contributed by atoms with Gasteiger partial charge in [0.05, 0.1) is 21.7 Å². The fourth-order valence-corrected chi connectivity index (χ4v) is 4.30. The molecule has 126 valence electrons. The molecule has 1 unspecified atom stereocenters. The number of thioether (sulfide) groups is 1. The number of anilines is 1. The van der Waals surface area contributed by atoms with Crippen LogP contribution in [0, 0.1) is 0 Å². The second kappa shape index (κ2) is 7.30. The molecule has 1 atom stereocenters. The average molecular weight is 354 g/mol. The van der Waals surface area contributed by atoms with Crippen LogP contribution >= 0.6 is 23.4 Å². The van der Waals surface area contributed by atoms with E-state index in [2.05, 4.69) is 47.2 Å². The molecule has 0 amide bonds. The van der Waals surface area contributed by atoms with Crippen LogP contribution in [0.5, 0.6) is 0 Å². The molecule has 1 aliphatic heterocycles. The zero-order valence-corrected chi connectivity index (χ0v) is 15.5. The summed E-state index contributed by atoms with van der Waals surface area (Å²) in [7, 11) is 4.18. The Bertz CT molecular complexity index is 666. The van der Waals surface area contributed by atoms with Gasteiger partial charge in [0.2, 0.25) is 0 Å². The van der Waals surface area contributed by atoms with Crippen molar-refractivity contribution in [2.24, 2.45) is 0 Å². The van der Waals surface area contributed by atoms with E-state index in [1.165, 1.54) is 0 Å². The van der Waals surface area contributed by atoms with Crippen LogP contribution in [0.3, 0.4) is 0 Å². The molecule has 1 fully saturated rings. The van der Waals surface area contributed by atoms with Crippen molar-refractivity contribution in [3.8, 4) is 0 Å². The van der Waals surface area contributed by atoms with Gasteiger partial charge in [-0.2, -0.15) is 0 Å². The van der Waals surface area contributed by atoms with Crippen molar-refractivity contribution in [3.05, 3.63) is 17.2 Å². The van der Waals surface area contributed by atoms with E-state index in [1.807, 2.05) is 6.07 Å². The summed E-state index contributed by atoms with van der Waals surface area (Å²) in [5, 5.41) is 5.60. The highest BCUT2D eigenvalue weighted by molar-refractivity contribution is 7.99. The fourth-order valence-electron chi connectivity index (χ4n) is 2.94. The Morgan fingerprint density at radius 2 is 2.09 bits per heavy atom. The van der Waals surface area contributed by atoms with Crippen molar-refractivity contribution in [3.63, 3.8) is 0 Å². The lowest BCUT2D eigenvalue weighted by molar-refractivity contribution is 0.413. The minimum absolute atomic E-state index is 0.480. The second-order valence-electron chi connectivity index (χ2n) is 6.29. The Morgan fingerprint density at radius 1 is 1.35 bits per heavy atom. The number of nitrogens with one attached hydrogen (secondary N) is 2. The van der Waals surface area contributed by atoms with Crippen molar-refractivity contribution in [2.75, 3.05) is 51.7 Å². The molecule has 0 saturated carbocycles. The normalized spacial score (nSPS) is 17.2. The largest absolute Gasteiger partial charge is 0.368 e. The number of imidazole rings is 1. The number of hydrogen-bond acceptors (Lipinski definition) is 5. The first-order chi connectivity index (χ1) is 11.0. The van der Waals surface area contributed by atoms with Gasteiger partial charge in [-0.05, 0) is 26.2 Å². The van der Waals surface area contributed by atoms with E-state index >= 15 is 0 Å². The van der Waals surface area contributed by atoms with Gasteiger partial charge in [-0.3, -0.25) is 0 Å². The minimum Gasteiger partial charge on any atom is -0.368 e. The van der Waals surface area contributed by atoms with Crippen LogP contribution in [0.25, 0.3) is 11.0 Å². The maximum Gasteiger partial charge on any atom is 0.166 e. The number of hydrogen-bond donors (Lipinski definition) is 2. The topological polar surface area (TPSA) is 47.2 Å². The molecule has 23 heavy (non-hydrogen) atoms. The second-order valence-corrected chi connectivity index (χ2v) is 8.12. The summed E-state index contributed by atoms with van der Waals surface area (Å²) < 4.78 is 0. The van der Waals surface area contributed by atoms with E-state index in [0.717, 1.165) is 59.6 Å². The molecule has 0 radical (unpaired) electrons. The van der Waals surface area contributed by atoms with E-state index in [1.54, 1.807) is 11.8 Å². The lowest BCUT2D eigenvalue weighted by Gasteiger charge is -2.30. The van der Waals surface area contributed by atoms with E-state index in [-0.39, 0.29) is 0 Å². The molecule has 5 nitrogen and oxygen atoms in total. The van der Waals surface area contributed by atoms with Gasteiger partial charge >= 0.3 is 0 Å². The molecule has 1 aromatic heterocycles. The minimum atomic E-state index is 0.480. The molecule has 1 aromatic carbocycles. The van der Waals surface area contributed by atoms with Crippen molar-refractivity contribution >= 4 is 40.1 Å². The molecule has 0 bridgehead atoms. The number of aromatic amines is 1. The van der Waals surface area contributed by atoms with Gasteiger partial charge in [-0.1, -0.05) is 30.3 Å². The van der Waals surface area contributed by atoms with Crippen molar-refractivity contribution in [2.45, 2.75) is 17.3 Å². The maximum absolute atomic E-state index is 6.50. The summed E-state index contributed by atoms with van der Waals surface area (Å²) in [5.41, 5.74) is 3.08. The number of H-pyrrole nitrogens is 1. The summed E-state index contributed by atoms with van der Waals surface area (Å²) in [6.45, 7) is 7.20. The Hall–Kier alpha value is -0.950. The first-order valence-electron chi connectivity index (χ1n) is 7.99. The predicted octanol–water partition coefficient (Wildman–Crippen LogP) is 2.67. The van der Waals surface area contributed by atoms with E-state index < -0.39 is 0 Å². The van der Waals surface area contributed by atoms with Crippen LogP contribution in [0.15, 0.2) is 17.3 Å². The molecular formula is C16H24ClN5S. The summed E-state index contributed by atoms with van der Waals surface area (Å²) in [4.78, 5) is 12.7. The van der Waals surface area contributed by atoms with Gasteiger partial charge in [0.25, 0.3) is 0 Å². The molecule has 2 aromatic rings. The predicted molar refractivity (Wildman–Crippen MR) is 100 cm³/mol. The number of halogens is 1. The van der Waals surface area contributed by atoms with Gasteiger partial charge in [-0.25, -0.2) is 4.98 Å². The maximum atomic E-state index is 6.50. The quantitative estimate of drug-likeness (QED) is 0.809. The van der Waals surface area contributed by atoms with Crippen LogP contribution < -0.4 is 10.2 Å². The van der Waals surface area contributed by atoms with Gasteiger partial charge < -0.3 is 20.1 Å². The first-order valence-corrected chi connectivity index (χ1v) is 9.25. The standard InChI is InChI=1S/C16H24ClN5S/c1-11(10-21(2)3)23-16-19-13-8-12(17)15(9-14(13)20-16)22-6-4-18-5-7-22/h8-9,11,18H,4-7,10H2,1-3H3,(H,19,20). The molecule has 2 heterocycles. The van der Waals surface area contributed by atoms with Gasteiger partial charge in [-0.15, -0.1) is 0 Å². The molecule has 1 aliphatic rings. The van der Waals surface area contributed by atoms with E-state index in [4.69, 9.17) is 16.6 Å². The third kappa shape index (κ3) is 4.12. The summed E-state index contributed by atoms with van der Waals surface area (Å²) in [5.74, 6) is 0. The zero-order valence-electron chi connectivity index (χ0n) is 13.9. The number of benzene rings is 1. The number of aromatic nitrogens is 2.